The lowest BCUT2D eigenvalue weighted by atomic mass is 9.78. The molecule has 0 unspecified atom stereocenters. The summed E-state index contributed by atoms with van der Waals surface area (Å²) in [4.78, 5) is 22.2. The number of Topliss-reactive ketones (excluding diaryl/α,β-unsaturated/α-hetero) is 1. The average molecular weight is 290 g/mol. The Kier molecular flexibility index (Phi) is 4.60. The maximum Gasteiger partial charge on any atom is 0.293 e. The molecule has 0 radical (unpaired) electrons. The van der Waals surface area contributed by atoms with Crippen molar-refractivity contribution in [2.24, 2.45) is 11.8 Å². The van der Waals surface area contributed by atoms with Gasteiger partial charge in [-0.15, -0.1) is 0 Å². The van der Waals surface area contributed by atoms with Crippen LogP contribution < -0.4 is 5.32 Å². The highest BCUT2D eigenvalue weighted by atomic mass is 16.6. The molecule has 1 aliphatic carbocycles. The summed E-state index contributed by atoms with van der Waals surface area (Å²) in [6.45, 7) is 5.83. The molecule has 5 nitrogen and oxygen atoms in total. The standard InChI is InChI=1S/C16H22N2O3/c1-10-5-4-6-14(11(10)2)17-15-8-7-13(12(3)19)9-16(15)18(20)21/h7-11,14,17H,4-6H2,1-3H3/t10-,11+,14+/m0/s1. The van der Waals surface area contributed by atoms with Crippen LogP contribution in [-0.4, -0.2) is 16.7 Å². The van der Waals surface area contributed by atoms with Crippen LogP contribution in [0.25, 0.3) is 0 Å². The van der Waals surface area contributed by atoms with Crippen LogP contribution in [0.1, 0.15) is 50.4 Å². The molecular weight excluding hydrogens is 268 g/mol. The maximum absolute atomic E-state index is 11.4. The number of rotatable bonds is 4. The Morgan fingerprint density at radius 2 is 2.05 bits per heavy atom. The lowest BCUT2D eigenvalue weighted by Gasteiger charge is -2.35. The Bertz CT molecular complexity index is 556. The fourth-order valence-corrected chi connectivity index (χ4v) is 3.01. The van der Waals surface area contributed by atoms with E-state index in [2.05, 4.69) is 19.2 Å². The highest BCUT2D eigenvalue weighted by Crippen LogP contribution is 2.34. The summed E-state index contributed by atoms with van der Waals surface area (Å²) in [7, 11) is 0. The Morgan fingerprint density at radius 3 is 2.67 bits per heavy atom. The van der Waals surface area contributed by atoms with Crippen LogP contribution in [0.15, 0.2) is 18.2 Å². The number of carbonyl (C=O) groups is 1. The fourth-order valence-electron chi connectivity index (χ4n) is 3.01. The van der Waals surface area contributed by atoms with Gasteiger partial charge in [-0.05, 0) is 37.3 Å². The third-order valence-electron chi connectivity index (χ3n) is 4.65. The van der Waals surface area contributed by atoms with E-state index >= 15 is 0 Å². The molecule has 1 aromatic carbocycles. The number of hydrogen-bond donors (Lipinski definition) is 1. The number of anilines is 1. The zero-order valence-electron chi connectivity index (χ0n) is 12.8. The number of ketones is 1. The summed E-state index contributed by atoms with van der Waals surface area (Å²) >= 11 is 0. The second-order valence-electron chi connectivity index (χ2n) is 6.06. The Balaban J connectivity index is 2.27. The zero-order valence-corrected chi connectivity index (χ0v) is 12.8. The van der Waals surface area contributed by atoms with Gasteiger partial charge in [0, 0.05) is 17.7 Å². The van der Waals surface area contributed by atoms with Crippen LogP contribution in [0.3, 0.4) is 0 Å². The van der Waals surface area contributed by atoms with E-state index in [1.165, 1.54) is 19.4 Å². The van der Waals surface area contributed by atoms with Gasteiger partial charge in [-0.1, -0.05) is 26.7 Å². The molecular formula is C16H22N2O3. The van der Waals surface area contributed by atoms with Crippen LogP contribution >= 0.6 is 0 Å². The molecule has 0 spiro atoms. The van der Waals surface area contributed by atoms with Gasteiger partial charge in [-0.25, -0.2) is 0 Å². The van der Waals surface area contributed by atoms with E-state index in [0.29, 0.717) is 23.1 Å². The quantitative estimate of drug-likeness (QED) is 0.516. The van der Waals surface area contributed by atoms with Gasteiger partial charge >= 0.3 is 0 Å². The summed E-state index contributed by atoms with van der Waals surface area (Å²) in [5, 5.41) is 14.6. The average Bonchev–Trinajstić information content (AvgIpc) is 2.43. The van der Waals surface area contributed by atoms with Gasteiger partial charge in [0.1, 0.15) is 5.69 Å². The molecule has 1 saturated carbocycles. The van der Waals surface area contributed by atoms with E-state index in [9.17, 15) is 14.9 Å². The second-order valence-corrected chi connectivity index (χ2v) is 6.06. The first kappa shape index (κ1) is 15.5. The normalized spacial score (nSPS) is 25.4. The van der Waals surface area contributed by atoms with Crippen LogP contribution in [0.5, 0.6) is 0 Å². The molecule has 0 heterocycles. The molecule has 1 fully saturated rings. The third kappa shape index (κ3) is 3.40. The van der Waals surface area contributed by atoms with Crippen molar-refractivity contribution >= 4 is 17.2 Å². The topological polar surface area (TPSA) is 72.2 Å². The van der Waals surface area contributed by atoms with Crippen LogP contribution in [0.2, 0.25) is 0 Å². The minimum Gasteiger partial charge on any atom is -0.376 e. The first-order chi connectivity index (χ1) is 9.90. The van der Waals surface area contributed by atoms with Crippen LogP contribution in [0.4, 0.5) is 11.4 Å². The van der Waals surface area contributed by atoms with E-state index in [4.69, 9.17) is 0 Å². The summed E-state index contributed by atoms with van der Waals surface area (Å²) in [6.07, 6.45) is 3.38. The number of nitrogens with zero attached hydrogens (tertiary/aromatic N) is 1. The van der Waals surface area contributed by atoms with Crippen molar-refractivity contribution in [3.05, 3.63) is 33.9 Å². The fraction of sp³-hybridized carbons (Fsp3) is 0.562. The van der Waals surface area contributed by atoms with Gasteiger partial charge in [0.25, 0.3) is 5.69 Å². The molecule has 2 rings (SSSR count). The molecule has 0 amide bonds. The van der Waals surface area contributed by atoms with E-state index in [0.717, 1.165) is 12.8 Å². The molecule has 5 heteroatoms. The summed E-state index contributed by atoms with van der Waals surface area (Å²) < 4.78 is 0. The molecule has 0 bridgehead atoms. The van der Waals surface area contributed by atoms with Gasteiger partial charge in [0.05, 0.1) is 4.92 Å². The highest BCUT2D eigenvalue weighted by molar-refractivity contribution is 5.95. The molecule has 1 aromatic rings. The lowest BCUT2D eigenvalue weighted by molar-refractivity contribution is -0.384. The summed E-state index contributed by atoms with van der Waals surface area (Å²) in [5.41, 5.74) is 0.862. The van der Waals surface area contributed by atoms with E-state index in [1.807, 2.05) is 0 Å². The molecule has 0 aromatic heterocycles. The van der Waals surface area contributed by atoms with Crippen molar-refractivity contribution in [2.45, 2.75) is 46.1 Å². The summed E-state index contributed by atoms with van der Waals surface area (Å²) in [5.74, 6) is 0.932. The first-order valence-corrected chi connectivity index (χ1v) is 7.46. The number of nitro benzene ring substituents is 1. The van der Waals surface area contributed by atoms with Crippen molar-refractivity contribution < 1.29 is 9.72 Å². The van der Waals surface area contributed by atoms with Gasteiger partial charge in [-0.2, -0.15) is 0 Å². The number of hydrogen-bond acceptors (Lipinski definition) is 4. The Hall–Kier alpha value is -1.91. The second kappa shape index (κ2) is 6.24. The summed E-state index contributed by atoms with van der Waals surface area (Å²) in [6, 6.07) is 4.91. The van der Waals surface area contributed by atoms with Crippen molar-refractivity contribution in [1.82, 2.24) is 0 Å². The molecule has 3 atom stereocenters. The predicted molar refractivity (Wildman–Crippen MR) is 82.7 cm³/mol. The molecule has 114 valence electrons. The molecule has 1 aliphatic rings. The van der Waals surface area contributed by atoms with Crippen LogP contribution in [-0.2, 0) is 0 Å². The Morgan fingerprint density at radius 1 is 1.33 bits per heavy atom. The molecule has 1 N–H and O–H groups in total. The minimum atomic E-state index is -0.425. The van der Waals surface area contributed by atoms with Crippen molar-refractivity contribution in [2.75, 3.05) is 5.32 Å². The van der Waals surface area contributed by atoms with Crippen LogP contribution in [0, 0.1) is 22.0 Å². The molecule has 0 aliphatic heterocycles. The Labute approximate surface area is 124 Å². The van der Waals surface area contributed by atoms with E-state index < -0.39 is 4.92 Å². The third-order valence-corrected chi connectivity index (χ3v) is 4.65. The minimum absolute atomic E-state index is 0.0203. The lowest BCUT2D eigenvalue weighted by Crippen LogP contribution is -2.35. The monoisotopic (exact) mass is 290 g/mol. The van der Waals surface area contributed by atoms with Gasteiger partial charge in [0.15, 0.2) is 5.78 Å². The predicted octanol–water partition coefficient (Wildman–Crippen LogP) is 4.03. The van der Waals surface area contributed by atoms with E-state index in [-0.39, 0.29) is 17.5 Å². The SMILES string of the molecule is CC(=O)c1ccc(N[C@@H]2CCC[C@H](C)[C@H]2C)c([N+](=O)[O-])c1. The van der Waals surface area contributed by atoms with E-state index in [1.54, 1.807) is 12.1 Å². The smallest absolute Gasteiger partial charge is 0.293 e. The zero-order chi connectivity index (χ0) is 15.6. The van der Waals surface area contributed by atoms with Crippen molar-refractivity contribution in [3.63, 3.8) is 0 Å². The van der Waals surface area contributed by atoms with Gasteiger partial charge in [0.2, 0.25) is 0 Å². The highest BCUT2D eigenvalue weighted by Gasteiger charge is 2.28. The number of benzene rings is 1. The number of nitro groups is 1. The molecule has 21 heavy (non-hydrogen) atoms. The largest absolute Gasteiger partial charge is 0.376 e. The van der Waals surface area contributed by atoms with Crippen molar-refractivity contribution in [3.8, 4) is 0 Å². The first-order valence-electron chi connectivity index (χ1n) is 7.46. The number of nitrogens with one attached hydrogen (secondary N) is 1. The maximum atomic E-state index is 11.4. The van der Waals surface area contributed by atoms with Crippen molar-refractivity contribution in [1.29, 1.82) is 0 Å². The van der Waals surface area contributed by atoms with Gasteiger partial charge < -0.3 is 5.32 Å². The number of carbonyl (C=O) groups excluding carboxylic acids is 1. The van der Waals surface area contributed by atoms with Gasteiger partial charge in [-0.3, -0.25) is 14.9 Å². The molecule has 0 saturated heterocycles.